The van der Waals surface area contributed by atoms with E-state index in [1.54, 1.807) is 6.92 Å². The average Bonchev–Trinajstić information content (AvgIpc) is 1.89. The van der Waals surface area contributed by atoms with Crippen molar-refractivity contribution in [2.45, 2.75) is 19.8 Å². The van der Waals surface area contributed by atoms with Crippen LogP contribution in [0.25, 0.3) is 0 Å². The summed E-state index contributed by atoms with van der Waals surface area (Å²) < 4.78 is 0. The molecule has 0 atom stereocenters. The fourth-order valence-electron chi connectivity index (χ4n) is 0.0956. The van der Waals surface area contributed by atoms with Crippen molar-refractivity contribution in [3.8, 4) is 0 Å². The molecule has 0 aliphatic carbocycles. The third-order valence-electron chi connectivity index (χ3n) is 0.628. The van der Waals surface area contributed by atoms with Crippen molar-refractivity contribution in [2.24, 2.45) is 0 Å². The fourth-order valence-corrected chi connectivity index (χ4v) is 0.287. The Hall–Kier alpha value is -0.710. The number of hydrogen-bond donors (Lipinski definition) is 3. The molecular weight excluding hydrogens is 168 g/mol. The van der Waals surface area contributed by atoms with Gasteiger partial charge in [0.15, 0.2) is 0 Å². The Morgan fingerprint density at radius 1 is 1.27 bits per heavy atom. The van der Waals surface area contributed by atoms with Crippen LogP contribution in [0.2, 0.25) is 0 Å². The van der Waals surface area contributed by atoms with Gasteiger partial charge in [0.2, 0.25) is 0 Å². The van der Waals surface area contributed by atoms with Crippen molar-refractivity contribution in [1.29, 1.82) is 0 Å². The molecule has 11 heavy (non-hydrogen) atoms. The van der Waals surface area contributed by atoms with Crippen molar-refractivity contribution in [3.05, 3.63) is 0 Å². The van der Waals surface area contributed by atoms with Crippen molar-refractivity contribution in [1.82, 2.24) is 0 Å². The molecule has 0 heterocycles. The summed E-state index contributed by atoms with van der Waals surface area (Å²) in [6.07, 6.45) is 0.378. The molecule has 0 fully saturated rings. The van der Waals surface area contributed by atoms with Gasteiger partial charge >= 0.3 is 11.9 Å². The van der Waals surface area contributed by atoms with Crippen molar-refractivity contribution < 1.29 is 19.8 Å². The summed E-state index contributed by atoms with van der Waals surface area (Å²) in [4.78, 5) is 18.9. The molecule has 5 heteroatoms. The van der Waals surface area contributed by atoms with Crippen LogP contribution in [-0.2, 0) is 9.59 Å². The Labute approximate surface area is 70.6 Å². The Balaban J connectivity index is 0. The van der Waals surface area contributed by atoms with Crippen LogP contribution in [0.15, 0.2) is 0 Å². The maximum atomic E-state index is 9.55. The SMILES string of the molecule is CCC(=O)O.O=C(O)CCS. The topological polar surface area (TPSA) is 74.6 Å². The highest BCUT2D eigenvalue weighted by Crippen LogP contribution is 1.79. The Morgan fingerprint density at radius 3 is 1.64 bits per heavy atom. The van der Waals surface area contributed by atoms with Gasteiger partial charge in [-0.1, -0.05) is 6.92 Å². The summed E-state index contributed by atoms with van der Waals surface area (Å²) in [5, 5.41) is 15.6. The summed E-state index contributed by atoms with van der Waals surface area (Å²) >= 11 is 3.68. The number of aliphatic carboxylic acids is 2. The zero-order chi connectivity index (χ0) is 9.28. The van der Waals surface area contributed by atoms with Crippen LogP contribution in [0.4, 0.5) is 0 Å². The summed E-state index contributed by atoms with van der Waals surface area (Å²) in [6.45, 7) is 1.60. The molecule has 2 N–H and O–H groups in total. The van der Waals surface area contributed by atoms with Gasteiger partial charge in [0.1, 0.15) is 0 Å². The third-order valence-corrected chi connectivity index (χ3v) is 0.852. The molecule has 0 aromatic rings. The largest absolute Gasteiger partial charge is 0.481 e. The summed E-state index contributed by atoms with van der Waals surface area (Å²) in [7, 11) is 0. The van der Waals surface area contributed by atoms with Crippen LogP contribution in [0.1, 0.15) is 19.8 Å². The summed E-state index contributed by atoms with van der Waals surface area (Å²) in [5.41, 5.74) is 0. The lowest BCUT2D eigenvalue weighted by Gasteiger charge is -1.79. The highest BCUT2D eigenvalue weighted by Gasteiger charge is 1.88. The summed E-state index contributed by atoms with van der Waals surface area (Å²) in [6, 6.07) is 0. The van der Waals surface area contributed by atoms with Crippen LogP contribution in [0, 0.1) is 0 Å². The predicted molar refractivity (Wildman–Crippen MR) is 44.0 cm³/mol. The molecule has 0 unspecified atom stereocenters. The van der Waals surface area contributed by atoms with Gasteiger partial charge in [0.05, 0.1) is 6.42 Å². The Kier molecular flexibility index (Phi) is 10.9. The monoisotopic (exact) mass is 180 g/mol. The van der Waals surface area contributed by atoms with Crippen LogP contribution in [0.5, 0.6) is 0 Å². The van der Waals surface area contributed by atoms with E-state index in [1.165, 1.54) is 0 Å². The van der Waals surface area contributed by atoms with Crippen LogP contribution >= 0.6 is 12.6 Å². The first-order valence-corrected chi connectivity index (χ1v) is 3.72. The van der Waals surface area contributed by atoms with Crippen LogP contribution in [-0.4, -0.2) is 27.9 Å². The second-order valence-corrected chi connectivity index (χ2v) is 2.06. The van der Waals surface area contributed by atoms with Crippen molar-refractivity contribution >= 4 is 24.6 Å². The minimum Gasteiger partial charge on any atom is -0.481 e. The quantitative estimate of drug-likeness (QED) is 0.563. The number of thiol groups is 1. The molecule has 0 rings (SSSR count). The third kappa shape index (κ3) is 26.8. The zero-order valence-corrected chi connectivity index (χ0v) is 7.17. The molecule has 0 radical (unpaired) electrons. The Bertz CT molecular complexity index is 124. The van der Waals surface area contributed by atoms with Crippen molar-refractivity contribution in [3.63, 3.8) is 0 Å². The van der Waals surface area contributed by atoms with E-state index in [9.17, 15) is 9.59 Å². The van der Waals surface area contributed by atoms with E-state index in [0.717, 1.165) is 0 Å². The smallest absolute Gasteiger partial charge is 0.304 e. The molecule has 0 bridgehead atoms. The predicted octanol–water partition coefficient (Wildman–Crippen LogP) is 0.872. The van der Waals surface area contributed by atoms with E-state index in [0.29, 0.717) is 5.75 Å². The lowest BCUT2D eigenvalue weighted by Crippen LogP contribution is -1.93. The second kappa shape index (κ2) is 9.29. The van der Waals surface area contributed by atoms with E-state index < -0.39 is 11.9 Å². The van der Waals surface area contributed by atoms with Gasteiger partial charge in [0.25, 0.3) is 0 Å². The van der Waals surface area contributed by atoms with E-state index in [2.05, 4.69) is 12.6 Å². The number of hydrogen-bond acceptors (Lipinski definition) is 3. The number of rotatable bonds is 3. The van der Waals surface area contributed by atoms with Gasteiger partial charge in [0, 0.05) is 12.2 Å². The average molecular weight is 180 g/mol. The first-order valence-electron chi connectivity index (χ1n) is 3.09. The van der Waals surface area contributed by atoms with Gasteiger partial charge < -0.3 is 10.2 Å². The molecule has 0 aliphatic heterocycles. The van der Waals surface area contributed by atoms with Crippen LogP contribution in [0.3, 0.4) is 0 Å². The lowest BCUT2D eigenvalue weighted by atomic mass is 10.5. The second-order valence-electron chi connectivity index (χ2n) is 1.61. The standard InChI is InChI=1S/C3H6O2S.C3H6O2/c4-3(5)1-2-6;1-2-3(4)5/h6H,1-2H2,(H,4,5);2H2,1H3,(H,4,5). The number of carboxylic acid groups (broad SMARTS) is 2. The minimum atomic E-state index is -0.787. The van der Waals surface area contributed by atoms with Gasteiger partial charge in [-0.25, -0.2) is 0 Å². The van der Waals surface area contributed by atoms with Gasteiger partial charge in [-0.3, -0.25) is 9.59 Å². The lowest BCUT2D eigenvalue weighted by molar-refractivity contribution is -0.137. The molecule has 0 aromatic carbocycles. The first kappa shape index (κ1) is 12.9. The molecule has 4 nitrogen and oxygen atoms in total. The summed E-state index contributed by atoms with van der Waals surface area (Å²) in [5.74, 6) is -1.11. The number of carboxylic acids is 2. The molecule has 0 spiro atoms. The van der Waals surface area contributed by atoms with Gasteiger partial charge in [-0.05, 0) is 0 Å². The molecule has 0 aromatic heterocycles. The van der Waals surface area contributed by atoms with E-state index in [-0.39, 0.29) is 12.8 Å². The molecule has 0 saturated heterocycles. The van der Waals surface area contributed by atoms with Gasteiger partial charge in [-0.2, -0.15) is 12.6 Å². The van der Waals surface area contributed by atoms with Crippen LogP contribution < -0.4 is 0 Å². The maximum Gasteiger partial charge on any atom is 0.304 e. The van der Waals surface area contributed by atoms with E-state index in [4.69, 9.17) is 10.2 Å². The zero-order valence-electron chi connectivity index (χ0n) is 6.28. The Morgan fingerprint density at radius 2 is 1.64 bits per heavy atom. The first-order chi connectivity index (χ1) is 5.04. The highest BCUT2D eigenvalue weighted by molar-refractivity contribution is 7.80. The molecular formula is C6H12O4S. The molecule has 0 aliphatic rings. The van der Waals surface area contributed by atoms with Crippen molar-refractivity contribution in [2.75, 3.05) is 5.75 Å². The normalized spacial score (nSPS) is 7.82. The molecule has 0 saturated carbocycles. The fraction of sp³-hybridized carbons (Fsp3) is 0.667. The maximum absolute atomic E-state index is 9.55. The minimum absolute atomic E-state index is 0.156. The van der Waals surface area contributed by atoms with E-state index >= 15 is 0 Å². The highest BCUT2D eigenvalue weighted by atomic mass is 32.1. The van der Waals surface area contributed by atoms with Gasteiger partial charge in [-0.15, -0.1) is 0 Å². The van der Waals surface area contributed by atoms with E-state index in [1.807, 2.05) is 0 Å². The molecule has 66 valence electrons. The molecule has 0 amide bonds. The number of carbonyl (C=O) groups is 2.